The highest BCUT2D eigenvalue weighted by Crippen LogP contribution is 2.31. The number of rotatable bonds is 2. The average molecular weight is 251 g/mol. The van der Waals surface area contributed by atoms with Crippen molar-refractivity contribution in [2.24, 2.45) is 7.05 Å². The highest BCUT2D eigenvalue weighted by atomic mass is 35.5. The van der Waals surface area contributed by atoms with Gasteiger partial charge in [0.1, 0.15) is 6.10 Å². The smallest absolute Gasteiger partial charge is 0.109 e. The van der Waals surface area contributed by atoms with Gasteiger partial charge in [-0.05, 0) is 19.9 Å². The van der Waals surface area contributed by atoms with Crippen LogP contribution in [0, 0.1) is 13.8 Å². The minimum absolute atomic E-state index is 0.572. The molecule has 0 fully saturated rings. The van der Waals surface area contributed by atoms with Gasteiger partial charge < -0.3 is 5.11 Å². The van der Waals surface area contributed by atoms with E-state index in [0.717, 1.165) is 17.0 Å². The lowest BCUT2D eigenvalue weighted by Crippen LogP contribution is -2.03. The van der Waals surface area contributed by atoms with Crippen molar-refractivity contribution < 1.29 is 5.11 Å². The first-order valence-corrected chi connectivity index (χ1v) is 5.82. The van der Waals surface area contributed by atoms with E-state index in [4.69, 9.17) is 11.6 Å². The number of benzene rings is 1. The molecule has 1 aromatic heterocycles. The lowest BCUT2D eigenvalue weighted by Gasteiger charge is -2.13. The lowest BCUT2D eigenvalue weighted by atomic mass is 10.00. The summed E-state index contributed by atoms with van der Waals surface area (Å²) >= 11 is 6.09. The Labute approximate surface area is 106 Å². The summed E-state index contributed by atoms with van der Waals surface area (Å²) in [4.78, 5) is 0. The van der Waals surface area contributed by atoms with Crippen LogP contribution in [0.1, 0.15) is 28.6 Å². The van der Waals surface area contributed by atoms with Crippen molar-refractivity contribution in [1.29, 1.82) is 0 Å². The van der Waals surface area contributed by atoms with E-state index in [1.54, 1.807) is 10.7 Å². The number of halogens is 1. The van der Waals surface area contributed by atoms with Crippen molar-refractivity contribution in [3.8, 4) is 0 Å². The summed E-state index contributed by atoms with van der Waals surface area (Å²) in [5.74, 6) is 0. The molecular weight excluding hydrogens is 236 g/mol. The molecule has 0 aliphatic rings. The fourth-order valence-corrected chi connectivity index (χ4v) is 2.28. The molecular formula is C13H15ClN2O. The second-order valence-electron chi connectivity index (χ2n) is 4.13. The van der Waals surface area contributed by atoms with Crippen LogP contribution in [0.4, 0.5) is 0 Å². The Hall–Kier alpha value is -1.32. The molecule has 1 aromatic carbocycles. The van der Waals surface area contributed by atoms with Gasteiger partial charge in [-0.25, -0.2) is 0 Å². The van der Waals surface area contributed by atoms with E-state index in [1.165, 1.54) is 0 Å². The third kappa shape index (κ3) is 2.08. The molecule has 3 nitrogen and oxygen atoms in total. The van der Waals surface area contributed by atoms with Gasteiger partial charge in [0.05, 0.1) is 5.69 Å². The topological polar surface area (TPSA) is 38.0 Å². The molecule has 0 amide bonds. The summed E-state index contributed by atoms with van der Waals surface area (Å²) in [6.07, 6.45) is -0.725. The van der Waals surface area contributed by atoms with Crippen molar-refractivity contribution >= 4 is 11.6 Å². The van der Waals surface area contributed by atoms with Crippen molar-refractivity contribution in [3.63, 3.8) is 0 Å². The minimum Gasteiger partial charge on any atom is -0.383 e. The summed E-state index contributed by atoms with van der Waals surface area (Å²) < 4.78 is 1.77. The average Bonchev–Trinajstić information content (AvgIpc) is 2.53. The molecule has 0 radical (unpaired) electrons. The molecule has 1 unspecified atom stereocenters. The van der Waals surface area contributed by atoms with E-state index in [-0.39, 0.29) is 0 Å². The Kier molecular flexibility index (Phi) is 3.22. The molecule has 4 heteroatoms. The fraction of sp³-hybridized carbons (Fsp3) is 0.308. The molecule has 1 heterocycles. The van der Waals surface area contributed by atoms with E-state index in [9.17, 15) is 5.11 Å². The first-order chi connectivity index (χ1) is 8.02. The quantitative estimate of drug-likeness (QED) is 0.890. The number of hydrogen-bond donors (Lipinski definition) is 1. The third-order valence-electron chi connectivity index (χ3n) is 3.04. The van der Waals surface area contributed by atoms with E-state index >= 15 is 0 Å². The number of hydrogen-bond acceptors (Lipinski definition) is 2. The van der Waals surface area contributed by atoms with Crippen LogP contribution in [0.3, 0.4) is 0 Å². The highest BCUT2D eigenvalue weighted by molar-refractivity contribution is 6.31. The van der Waals surface area contributed by atoms with Gasteiger partial charge in [-0.2, -0.15) is 5.10 Å². The van der Waals surface area contributed by atoms with Crippen molar-refractivity contribution in [2.45, 2.75) is 20.0 Å². The third-order valence-corrected chi connectivity index (χ3v) is 3.38. The van der Waals surface area contributed by atoms with E-state index < -0.39 is 6.10 Å². The van der Waals surface area contributed by atoms with Gasteiger partial charge in [-0.15, -0.1) is 0 Å². The van der Waals surface area contributed by atoms with Gasteiger partial charge in [0, 0.05) is 28.9 Å². The van der Waals surface area contributed by atoms with Gasteiger partial charge in [0.2, 0.25) is 0 Å². The van der Waals surface area contributed by atoms with Crippen LogP contribution in [0.25, 0.3) is 0 Å². The van der Waals surface area contributed by atoms with Gasteiger partial charge in [0.25, 0.3) is 0 Å². The molecule has 1 N–H and O–H groups in total. The lowest BCUT2D eigenvalue weighted by molar-refractivity contribution is 0.219. The van der Waals surface area contributed by atoms with Crippen LogP contribution < -0.4 is 0 Å². The van der Waals surface area contributed by atoms with Gasteiger partial charge in [-0.1, -0.05) is 29.8 Å². The van der Waals surface area contributed by atoms with Crippen LogP contribution in [0.2, 0.25) is 5.02 Å². The Morgan fingerprint density at radius 3 is 2.47 bits per heavy atom. The Bertz CT molecular complexity index is 548. The second kappa shape index (κ2) is 4.51. The second-order valence-corrected chi connectivity index (χ2v) is 4.54. The molecule has 0 aliphatic heterocycles. The van der Waals surface area contributed by atoms with Crippen LogP contribution in [-0.2, 0) is 7.05 Å². The fourth-order valence-electron chi connectivity index (χ4n) is 2.04. The highest BCUT2D eigenvalue weighted by Gasteiger charge is 2.21. The first kappa shape index (κ1) is 12.1. The van der Waals surface area contributed by atoms with Crippen molar-refractivity contribution in [1.82, 2.24) is 9.78 Å². The summed E-state index contributed by atoms with van der Waals surface area (Å²) in [7, 11) is 1.87. The molecule has 90 valence electrons. The van der Waals surface area contributed by atoms with Crippen molar-refractivity contribution in [3.05, 3.63) is 51.8 Å². The monoisotopic (exact) mass is 250 g/mol. The molecule has 0 saturated carbocycles. The zero-order valence-corrected chi connectivity index (χ0v) is 10.9. The van der Waals surface area contributed by atoms with Gasteiger partial charge in [-0.3, -0.25) is 4.68 Å². The molecule has 0 bridgehead atoms. The standard InChI is InChI=1S/C13H15ClN2O/c1-8-12(9(2)16(3)15-8)13(17)10-6-4-5-7-11(10)14/h4-7,13,17H,1-3H3. The van der Waals surface area contributed by atoms with Crippen molar-refractivity contribution in [2.75, 3.05) is 0 Å². The summed E-state index contributed by atoms with van der Waals surface area (Å²) in [5, 5.41) is 15.3. The number of aliphatic hydroxyl groups is 1. The summed E-state index contributed by atoms with van der Waals surface area (Å²) in [6.45, 7) is 3.83. The van der Waals surface area contributed by atoms with Crippen LogP contribution >= 0.6 is 11.6 Å². The first-order valence-electron chi connectivity index (χ1n) is 5.45. The maximum atomic E-state index is 10.4. The summed E-state index contributed by atoms with van der Waals surface area (Å²) in [6, 6.07) is 7.33. The zero-order valence-electron chi connectivity index (χ0n) is 10.1. The van der Waals surface area contributed by atoms with Crippen LogP contribution in [0.5, 0.6) is 0 Å². The summed E-state index contributed by atoms with van der Waals surface area (Å²) in [5.41, 5.74) is 3.33. The Balaban J connectivity index is 2.51. The molecule has 1 atom stereocenters. The predicted molar refractivity (Wildman–Crippen MR) is 68.2 cm³/mol. The number of aliphatic hydroxyl groups excluding tert-OH is 1. The SMILES string of the molecule is Cc1nn(C)c(C)c1C(O)c1ccccc1Cl. The Morgan fingerprint density at radius 1 is 1.29 bits per heavy atom. The molecule has 17 heavy (non-hydrogen) atoms. The zero-order chi connectivity index (χ0) is 12.6. The molecule has 2 aromatic rings. The van der Waals surface area contributed by atoms with E-state index in [0.29, 0.717) is 10.6 Å². The largest absolute Gasteiger partial charge is 0.383 e. The Morgan fingerprint density at radius 2 is 1.94 bits per heavy atom. The number of aryl methyl sites for hydroxylation is 2. The minimum atomic E-state index is -0.725. The normalized spacial score (nSPS) is 12.8. The predicted octanol–water partition coefficient (Wildman–Crippen LogP) is 2.77. The van der Waals surface area contributed by atoms with Gasteiger partial charge >= 0.3 is 0 Å². The maximum Gasteiger partial charge on any atom is 0.109 e. The molecule has 0 saturated heterocycles. The molecule has 0 spiro atoms. The van der Waals surface area contributed by atoms with Crippen LogP contribution in [-0.4, -0.2) is 14.9 Å². The van der Waals surface area contributed by atoms with Gasteiger partial charge in [0.15, 0.2) is 0 Å². The molecule has 0 aliphatic carbocycles. The number of nitrogens with zero attached hydrogens (tertiary/aromatic N) is 2. The van der Waals surface area contributed by atoms with Crippen LogP contribution in [0.15, 0.2) is 24.3 Å². The van der Waals surface area contributed by atoms with E-state index in [2.05, 4.69) is 5.10 Å². The maximum absolute atomic E-state index is 10.4. The number of aromatic nitrogens is 2. The van der Waals surface area contributed by atoms with E-state index in [1.807, 2.05) is 39.1 Å². The molecule has 2 rings (SSSR count).